The number of carbonyl (C=O) groups is 2. The normalized spacial score (nSPS) is 23.5. The number of urea groups is 1. The Morgan fingerprint density at radius 3 is 2.43 bits per heavy atom. The average Bonchev–Trinajstić information content (AvgIpc) is 2.50. The van der Waals surface area contributed by atoms with Crippen molar-refractivity contribution in [3.63, 3.8) is 0 Å². The standard InChI is InChI=1S/C18H22N2O3/c1-18(2)9-13-15(14(21)10-18)16(19-17(22)20(13)3)11-5-7-12(23-4)8-6-11/h5-8,16H,9-10H2,1-4H3,(H,19,22). The summed E-state index contributed by atoms with van der Waals surface area (Å²) in [5.41, 5.74) is 2.34. The molecule has 23 heavy (non-hydrogen) atoms. The molecule has 1 N–H and O–H groups in total. The van der Waals surface area contributed by atoms with E-state index in [0.29, 0.717) is 6.42 Å². The molecule has 0 spiro atoms. The quantitative estimate of drug-likeness (QED) is 0.913. The van der Waals surface area contributed by atoms with Gasteiger partial charge >= 0.3 is 6.03 Å². The van der Waals surface area contributed by atoms with Crippen molar-refractivity contribution in [3.05, 3.63) is 41.1 Å². The van der Waals surface area contributed by atoms with Gasteiger partial charge in [0.25, 0.3) is 0 Å². The van der Waals surface area contributed by atoms with E-state index in [0.717, 1.165) is 29.0 Å². The molecule has 1 aliphatic carbocycles. The minimum absolute atomic E-state index is 0.115. The van der Waals surface area contributed by atoms with Gasteiger partial charge in [0.1, 0.15) is 5.75 Å². The first-order valence-corrected chi connectivity index (χ1v) is 7.77. The molecule has 1 unspecified atom stereocenters. The van der Waals surface area contributed by atoms with Crippen LogP contribution in [0.5, 0.6) is 5.75 Å². The summed E-state index contributed by atoms with van der Waals surface area (Å²) in [6, 6.07) is 6.92. The largest absolute Gasteiger partial charge is 0.497 e. The fourth-order valence-corrected chi connectivity index (χ4v) is 3.39. The Morgan fingerprint density at radius 2 is 1.83 bits per heavy atom. The molecule has 5 nitrogen and oxygen atoms in total. The summed E-state index contributed by atoms with van der Waals surface area (Å²) in [4.78, 5) is 26.6. The van der Waals surface area contributed by atoms with Gasteiger partial charge in [-0.15, -0.1) is 0 Å². The van der Waals surface area contributed by atoms with E-state index in [4.69, 9.17) is 4.74 Å². The zero-order valence-electron chi connectivity index (χ0n) is 14.0. The fourth-order valence-electron chi connectivity index (χ4n) is 3.39. The second-order valence-electron chi connectivity index (χ2n) is 7.02. The number of ketones is 1. The number of carbonyl (C=O) groups excluding carboxylic acids is 2. The number of nitrogens with zero attached hydrogens (tertiary/aromatic N) is 1. The van der Waals surface area contributed by atoms with Crippen molar-refractivity contribution >= 4 is 11.8 Å². The molecule has 0 bridgehead atoms. The summed E-state index contributed by atoms with van der Waals surface area (Å²) >= 11 is 0. The molecule has 1 aromatic carbocycles. The summed E-state index contributed by atoms with van der Waals surface area (Å²) in [6.07, 6.45) is 1.23. The van der Waals surface area contributed by atoms with E-state index in [1.165, 1.54) is 0 Å². The predicted molar refractivity (Wildman–Crippen MR) is 87.1 cm³/mol. The third-order valence-corrected chi connectivity index (χ3v) is 4.61. The van der Waals surface area contributed by atoms with Crippen LogP contribution < -0.4 is 10.1 Å². The smallest absolute Gasteiger partial charge is 0.322 e. The van der Waals surface area contributed by atoms with E-state index in [2.05, 4.69) is 19.2 Å². The summed E-state index contributed by atoms with van der Waals surface area (Å²) < 4.78 is 5.18. The van der Waals surface area contributed by atoms with Gasteiger partial charge in [-0.05, 0) is 29.5 Å². The van der Waals surface area contributed by atoms with Crippen molar-refractivity contribution in [3.8, 4) is 5.75 Å². The van der Waals surface area contributed by atoms with Gasteiger partial charge in [-0.3, -0.25) is 4.79 Å². The Balaban J connectivity index is 2.07. The lowest BCUT2D eigenvalue weighted by Crippen LogP contribution is -2.49. The van der Waals surface area contributed by atoms with Crippen LogP contribution in [0.25, 0.3) is 0 Å². The van der Waals surface area contributed by atoms with Crippen molar-refractivity contribution < 1.29 is 14.3 Å². The van der Waals surface area contributed by atoms with Crippen LogP contribution in [-0.4, -0.2) is 30.9 Å². The Bertz CT molecular complexity index is 689. The molecule has 2 aliphatic rings. The highest BCUT2D eigenvalue weighted by Crippen LogP contribution is 2.43. The number of hydrogen-bond acceptors (Lipinski definition) is 3. The summed E-state index contributed by atoms with van der Waals surface area (Å²) in [5, 5.41) is 2.94. The van der Waals surface area contributed by atoms with Gasteiger partial charge in [0.15, 0.2) is 5.78 Å². The molecule has 122 valence electrons. The highest BCUT2D eigenvalue weighted by molar-refractivity contribution is 6.01. The molecule has 0 radical (unpaired) electrons. The predicted octanol–water partition coefficient (Wildman–Crippen LogP) is 3.03. The molecule has 3 rings (SSSR count). The minimum atomic E-state index is -0.386. The van der Waals surface area contributed by atoms with Crippen LogP contribution in [0.3, 0.4) is 0 Å². The highest BCUT2D eigenvalue weighted by Gasteiger charge is 2.42. The van der Waals surface area contributed by atoms with Gasteiger partial charge in [-0.25, -0.2) is 4.79 Å². The van der Waals surface area contributed by atoms with Crippen LogP contribution in [0.1, 0.15) is 38.3 Å². The van der Waals surface area contributed by atoms with Gasteiger partial charge in [0, 0.05) is 24.7 Å². The second kappa shape index (κ2) is 5.41. The molecular weight excluding hydrogens is 292 g/mol. The highest BCUT2D eigenvalue weighted by atomic mass is 16.5. The molecule has 5 heteroatoms. The zero-order chi connectivity index (χ0) is 16.8. The van der Waals surface area contributed by atoms with E-state index in [1.54, 1.807) is 19.1 Å². The molecule has 0 saturated heterocycles. The van der Waals surface area contributed by atoms with Gasteiger partial charge in [-0.1, -0.05) is 26.0 Å². The van der Waals surface area contributed by atoms with Crippen molar-refractivity contribution in [1.82, 2.24) is 10.2 Å². The maximum Gasteiger partial charge on any atom is 0.322 e. The molecule has 0 aromatic heterocycles. The number of nitrogens with one attached hydrogen (secondary N) is 1. The Kier molecular flexibility index (Phi) is 3.66. The topological polar surface area (TPSA) is 58.6 Å². The minimum Gasteiger partial charge on any atom is -0.497 e. The van der Waals surface area contributed by atoms with Crippen LogP contribution >= 0.6 is 0 Å². The Morgan fingerprint density at radius 1 is 1.17 bits per heavy atom. The van der Waals surface area contributed by atoms with Crippen molar-refractivity contribution in [1.29, 1.82) is 0 Å². The summed E-state index contributed by atoms with van der Waals surface area (Å²) in [7, 11) is 3.34. The van der Waals surface area contributed by atoms with Gasteiger partial charge in [0.05, 0.1) is 13.2 Å². The molecule has 1 aromatic rings. The monoisotopic (exact) mass is 314 g/mol. The van der Waals surface area contributed by atoms with Crippen LogP contribution in [0.4, 0.5) is 4.79 Å². The SMILES string of the molecule is COc1ccc(C2NC(=O)N(C)C3=C2C(=O)CC(C)(C)C3)cc1. The first kappa shape index (κ1) is 15.6. The number of ether oxygens (including phenoxy) is 1. The molecule has 1 aliphatic heterocycles. The maximum atomic E-state index is 12.7. The molecular formula is C18H22N2O3. The Hall–Kier alpha value is -2.30. The number of benzene rings is 1. The lowest BCUT2D eigenvalue weighted by atomic mass is 9.72. The first-order valence-electron chi connectivity index (χ1n) is 7.77. The molecule has 0 saturated carbocycles. The summed E-state index contributed by atoms with van der Waals surface area (Å²) in [5.74, 6) is 0.863. The average molecular weight is 314 g/mol. The number of amides is 2. The third-order valence-electron chi connectivity index (χ3n) is 4.61. The number of allylic oxidation sites excluding steroid dienone is 1. The number of rotatable bonds is 2. The summed E-state index contributed by atoms with van der Waals surface area (Å²) in [6.45, 7) is 4.13. The van der Waals surface area contributed by atoms with Crippen molar-refractivity contribution in [2.75, 3.05) is 14.2 Å². The lowest BCUT2D eigenvalue weighted by molar-refractivity contribution is -0.118. The van der Waals surface area contributed by atoms with Gasteiger partial charge in [0.2, 0.25) is 0 Å². The van der Waals surface area contributed by atoms with Gasteiger partial charge in [-0.2, -0.15) is 0 Å². The number of Topliss-reactive ketones (excluding diaryl/α,β-unsaturated/α-hetero) is 1. The molecule has 0 fully saturated rings. The third kappa shape index (κ3) is 2.71. The first-order chi connectivity index (χ1) is 10.8. The zero-order valence-corrected chi connectivity index (χ0v) is 14.0. The van der Waals surface area contributed by atoms with Crippen LogP contribution in [0.2, 0.25) is 0 Å². The molecule has 2 amide bonds. The van der Waals surface area contributed by atoms with Crippen LogP contribution in [0.15, 0.2) is 35.5 Å². The van der Waals surface area contributed by atoms with Gasteiger partial charge < -0.3 is 15.0 Å². The van der Waals surface area contributed by atoms with E-state index < -0.39 is 0 Å². The van der Waals surface area contributed by atoms with E-state index in [9.17, 15) is 9.59 Å². The Labute approximate surface area is 136 Å². The fraction of sp³-hybridized carbons (Fsp3) is 0.444. The van der Waals surface area contributed by atoms with Crippen molar-refractivity contribution in [2.24, 2.45) is 5.41 Å². The molecule has 1 atom stereocenters. The van der Waals surface area contributed by atoms with E-state index >= 15 is 0 Å². The number of methoxy groups -OCH3 is 1. The second-order valence-corrected chi connectivity index (χ2v) is 7.02. The van der Waals surface area contributed by atoms with Crippen LogP contribution in [-0.2, 0) is 4.79 Å². The van der Waals surface area contributed by atoms with E-state index in [1.807, 2.05) is 24.3 Å². The maximum absolute atomic E-state index is 12.7. The lowest BCUT2D eigenvalue weighted by Gasteiger charge is -2.42. The van der Waals surface area contributed by atoms with E-state index in [-0.39, 0.29) is 23.3 Å². The molecule has 1 heterocycles. The number of hydrogen-bond donors (Lipinski definition) is 1. The van der Waals surface area contributed by atoms with Crippen molar-refractivity contribution in [2.45, 2.75) is 32.7 Å². The van der Waals surface area contributed by atoms with Crippen LogP contribution in [0, 0.1) is 5.41 Å².